The highest BCUT2D eigenvalue weighted by Gasteiger charge is 2.28. The number of rotatable bonds is 6. The Morgan fingerprint density at radius 2 is 2.12 bits per heavy atom. The maximum Gasteiger partial charge on any atom is 0.221 e. The Morgan fingerprint density at radius 3 is 2.75 bits per heavy atom. The Bertz CT molecular complexity index is 801. The number of benzene rings is 1. The van der Waals surface area contributed by atoms with Gasteiger partial charge in [-0.2, -0.15) is 0 Å². The van der Waals surface area contributed by atoms with Crippen molar-refractivity contribution in [3.8, 4) is 0 Å². The molecule has 3 rings (SSSR count). The number of carbonyl (C=O) groups excluding carboxylic acids is 2. The molecule has 1 heterocycles. The summed E-state index contributed by atoms with van der Waals surface area (Å²) in [5.74, 6) is -0.347. The van der Waals surface area contributed by atoms with Crippen LogP contribution in [-0.2, 0) is 4.79 Å². The summed E-state index contributed by atoms with van der Waals surface area (Å²) in [5.41, 5.74) is 0.333. The first-order chi connectivity index (χ1) is 11.5. The third-order valence-corrected chi connectivity index (χ3v) is 4.61. The van der Waals surface area contributed by atoms with Gasteiger partial charge in [-0.05, 0) is 38.0 Å². The molecule has 1 aliphatic carbocycles. The molecule has 0 bridgehead atoms. The summed E-state index contributed by atoms with van der Waals surface area (Å²) < 4.78 is 16.1. The van der Waals surface area contributed by atoms with Gasteiger partial charge in [0.2, 0.25) is 5.91 Å². The van der Waals surface area contributed by atoms with Crippen LogP contribution in [0.25, 0.3) is 0 Å². The van der Waals surface area contributed by atoms with Crippen LogP contribution in [0.4, 0.5) is 10.1 Å². The fourth-order valence-electron chi connectivity index (χ4n) is 2.43. The molecular formula is C16H17FN4O2S. The molecular weight excluding hydrogens is 331 g/mol. The van der Waals surface area contributed by atoms with Crippen LogP contribution >= 0.6 is 11.8 Å². The lowest BCUT2D eigenvalue weighted by atomic mass is 10.1. The lowest BCUT2D eigenvalue weighted by Crippen LogP contribution is -2.09. The zero-order valence-electron chi connectivity index (χ0n) is 13.4. The van der Waals surface area contributed by atoms with Crippen molar-refractivity contribution in [2.45, 2.75) is 37.9 Å². The first-order valence-corrected chi connectivity index (χ1v) is 8.59. The number of carbonyl (C=O) groups is 2. The number of ketones is 1. The monoisotopic (exact) mass is 348 g/mol. The van der Waals surface area contributed by atoms with E-state index in [1.54, 1.807) is 0 Å². The van der Waals surface area contributed by atoms with Crippen LogP contribution in [0.2, 0.25) is 0 Å². The van der Waals surface area contributed by atoms with E-state index in [0.29, 0.717) is 16.9 Å². The molecule has 1 aromatic heterocycles. The maximum atomic E-state index is 14.1. The predicted octanol–water partition coefficient (Wildman–Crippen LogP) is 2.99. The molecule has 1 amide bonds. The van der Waals surface area contributed by atoms with E-state index in [1.807, 2.05) is 11.5 Å². The van der Waals surface area contributed by atoms with Crippen molar-refractivity contribution < 1.29 is 14.0 Å². The van der Waals surface area contributed by atoms with E-state index >= 15 is 0 Å². The second-order valence-corrected chi connectivity index (χ2v) is 6.66. The van der Waals surface area contributed by atoms with Gasteiger partial charge in [-0.1, -0.05) is 11.8 Å². The average Bonchev–Trinajstić information content (AvgIpc) is 3.27. The van der Waals surface area contributed by atoms with Gasteiger partial charge >= 0.3 is 0 Å². The molecule has 0 spiro atoms. The molecule has 0 atom stereocenters. The first-order valence-electron chi connectivity index (χ1n) is 7.60. The van der Waals surface area contributed by atoms with E-state index in [2.05, 4.69) is 15.5 Å². The summed E-state index contributed by atoms with van der Waals surface area (Å²) in [7, 11) is 0. The summed E-state index contributed by atoms with van der Waals surface area (Å²) in [6, 6.07) is 4.47. The minimum absolute atomic E-state index is 0.00538. The smallest absolute Gasteiger partial charge is 0.221 e. The molecule has 0 saturated heterocycles. The van der Waals surface area contributed by atoms with Crippen LogP contribution in [0.3, 0.4) is 0 Å². The maximum absolute atomic E-state index is 14.1. The van der Waals surface area contributed by atoms with Crippen LogP contribution < -0.4 is 5.32 Å². The van der Waals surface area contributed by atoms with E-state index in [-0.39, 0.29) is 23.0 Å². The number of hydrogen-bond donors (Lipinski definition) is 1. The van der Waals surface area contributed by atoms with Gasteiger partial charge in [0.1, 0.15) is 11.6 Å². The Labute approximate surface area is 142 Å². The molecule has 0 radical (unpaired) electrons. The number of halogens is 1. The number of anilines is 1. The van der Waals surface area contributed by atoms with Gasteiger partial charge < -0.3 is 9.88 Å². The van der Waals surface area contributed by atoms with Gasteiger partial charge in [0.25, 0.3) is 0 Å². The molecule has 126 valence electrons. The summed E-state index contributed by atoms with van der Waals surface area (Å²) in [5, 5.41) is 11.3. The Balaban J connectivity index is 1.68. The minimum atomic E-state index is -0.647. The SMILES string of the molecule is CC(=O)Nc1ccc(C(=O)CSc2nnc(C)n2C2CC2)c(F)c1. The third-order valence-electron chi connectivity index (χ3n) is 3.67. The highest BCUT2D eigenvalue weighted by atomic mass is 32.2. The number of aryl methyl sites for hydroxylation is 1. The Morgan fingerprint density at radius 1 is 1.38 bits per heavy atom. The van der Waals surface area contributed by atoms with Gasteiger partial charge in [-0.15, -0.1) is 10.2 Å². The van der Waals surface area contributed by atoms with Crippen LogP contribution in [-0.4, -0.2) is 32.2 Å². The number of thioether (sulfide) groups is 1. The number of Topliss-reactive ketones (excluding diaryl/α,β-unsaturated/α-hetero) is 1. The van der Waals surface area contributed by atoms with E-state index in [4.69, 9.17) is 0 Å². The average molecular weight is 348 g/mol. The second kappa shape index (κ2) is 6.72. The summed E-state index contributed by atoms with van der Waals surface area (Å²) >= 11 is 1.27. The van der Waals surface area contributed by atoms with E-state index in [1.165, 1.54) is 30.8 Å². The van der Waals surface area contributed by atoms with Gasteiger partial charge in [0.05, 0.1) is 11.3 Å². The van der Waals surface area contributed by atoms with Crippen LogP contribution in [0, 0.1) is 12.7 Å². The lowest BCUT2D eigenvalue weighted by molar-refractivity contribution is -0.114. The number of nitrogens with zero attached hydrogens (tertiary/aromatic N) is 3. The van der Waals surface area contributed by atoms with E-state index < -0.39 is 5.82 Å². The largest absolute Gasteiger partial charge is 0.326 e. The fourth-order valence-corrected chi connectivity index (χ4v) is 3.37. The van der Waals surface area contributed by atoms with Crippen molar-refractivity contribution in [3.63, 3.8) is 0 Å². The summed E-state index contributed by atoms with van der Waals surface area (Å²) in [6.45, 7) is 3.23. The van der Waals surface area contributed by atoms with Crippen LogP contribution in [0.15, 0.2) is 23.4 Å². The van der Waals surface area contributed by atoms with Crippen molar-refractivity contribution in [2.75, 3.05) is 11.1 Å². The normalized spacial score (nSPS) is 13.8. The molecule has 24 heavy (non-hydrogen) atoms. The van der Waals surface area contributed by atoms with Crippen molar-refractivity contribution >= 4 is 29.1 Å². The number of hydrogen-bond acceptors (Lipinski definition) is 5. The molecule has 1 aliphatic rings. The number of amides is 1. The van der Waals surface area contributed by atoms with Crippen molar-refractivity contribution in [1.82, 2.24) is 14.8 Å². The van der Waals surface area contributed by atoms with Crippen LogP contribution in [0.1, 0.15) is 42.0 Å². The van der Waals surface area contributed by atoms with Gasteiger partial charge in [-0.3, -0.25) is 9.59 Å². The molecule has 2 aromatic rings. The van der Waals surface area contributed by atoms with Crippen LogP contribution in [0.5, 0.6) is 0 Å². The molecule has 0 aliphatic heterocycles. The molecule has 8 heteroatoms. The summed E-state index contributed by atoms with van der Waals surface area (Å²) in [6.07, 6.45) is 2.19. The minimum Gasteiger partial charge on any atom is -0.326 e. The molecule has 1 N–H and O–H groups in total. The fraction of sp³-hybridized carbons (Fsp3) is 0.375. The quantitative estimate of drug-likeness (QED) is 0.641. The molecule has 1 aromatic carbocycles. The highest BCUT2D eigenvalue weighted by Crippen LogP contribution is 2.38. The Kier molecular flexibility index (Phi) is 4.66. The molecule has 0 unspecified atom stereocenters. The van der Waals surface area contributed by atoms with Crippen molar-refractivity contribution in [2.24, 2.45) is 0 Å². The standard InChI is InChI=1S/C16H17FN4O2S/c1-9-19-20-16(21(9)12-4-5-12)24-8-15(23)13-6-3-11(7-14(13)17)18-10(2)22/h3,6-7,12H,4-5,8H2,1-2H3,(H,18,22). The van der Waals surface area contributed by atoms with E-state index in [9.17, 15) is 14.0 Å². The zero-order valence-corrected chi connectivity index (χ0v) is 14.2. The topological polar surface area (TPSA) is 76.9 Å². The number of nitrogens with one attached hydrogen (secondary N) is 1. The Hall–Kier alpha value is -2.22. The van der Waals surface area contributed by atoms with Gasteiger partial charge in [0.15, 0.2) is 10.9 Å². The molecule has 6 nitrogen and oxygen atoms in total. The summed E-state index contributed by atoms with van der Waals surface area (Å²) in [4.78, 5) is 23.2. The molecule has 1 saturated carbocycles. The third kappa shape index (κ3) is 3.64. The first kappa shape index (κ1) is 16.6. The van der Waals surface area contributed by atoms with Crippen molar-refractivity contribution in [1.29, 1.82) is 0 Å². The highest BCUT2D eigenvalue weighted by molar-refractivity contribution is 7.99. The lowest BCUT2D eigenvalue weighted by Gasteiger charge is -2.07. The van der Waals surface area contributed by atoms with Gasteiger partial charge in [-0.25, -0.2) is 4.39 Å². The van der Waals surface area contributed by atoms with Gasteiger partial charge in [0, 0.05) is 18.7 Å². The zero-order chi connectivity index (χ0) is 17.3. The predicted molar refractivity (Wildman–Crippen MR) is 88.8 cm³/mol. The van der Waals surface area contributed by atoms with E-state index in [0.717, 1.165) is 24.7 Å². The number of aromatic nitrogens is 3. The molecule has 1 fully saturated rings. The van der Waals surface area contributed by atoms with Crippen molar-refractivity contribution in [3.05, 3.63) is 35.4 Å². The second-order valence-electron chi connectivity index (χ2n) is 5.72.